The molecule has 0 N–H and O–H groups in total. The number of methoxy groups -OCH3 is 1. The maximum absolute atomic E-state index is 12.3. The van der Waals surface area contributed by atoms with Crippen molar-refractivity contribution in [1.29, 1.82) is 0 Å². The van der Waals surface area contributed by atoms with E-state index < -0.39 is 0 Å². The Morgan fingerprint density at radius 3 is 2.65 bits per heavy atom. The van der Waals surface area contributed by atoms with Crippen molar-refractivity contribution in [2.75, 3.05) is 33.3 Å². The van der Waals surface area contributed by atoms with Gasteiger partial charge in [-0.3, -0.25) is 9.59 Å². The summed E-state index contributed by atoms with van der Waals surface area (Å²) in [6.07, 6.45) is 1.14. The van der Waals surface area contributed by atoms with E-state index in [4.69, 9.17) is 4.74 Å². The van der Waals surface area contributed by atoms with E-state index in [-0.39, 0.29) is 5.91 Å². The predicted molar refractivity (Wildman–Crippen MR) is 78.6 cm³/mol. The monoisotopic (exact) mass is 340 g/mol. The largest absolute Gasteiger partial charge is 0.496 e. The van der Waals surface area contributed by atoms with Gasteiger partial charge in [0.2, 0.25) is 12.3 Å². The van der Waals surface area contributed by atoms with Gasteiger partial charge in [-0.05, 0) is 18.2 Å². The lowest BCUT2D eigenvalue weighted by molar-refractivity contribution is -0.134. The predicted octanol–water partition coefficient (Wildman–Crippen LogP) is 1.30. The van der Waals surface area contributed by atoms with Crippen molar-refractivity contribution in [2.24, 2.45) is 0 Å². The minimum atomic E-state index is 0.0620. The Morgan fingerprint density at radius 2 is 2.05 bits per heavy atom. The first-order valence-corrected chi connectivity index (χ1v) is 7.23. The molecule has 1 aromatic carbocycles. The summed E-state index contributed by atoms with van der Waals surface area (Å²) in [5, 5.41) is 0. The molecule has 5 nitrogen and oxygen atoms in total. The number of piperazine rings is 1. The van der Waals surface area contributed by atoms with Crippen molar-refractivity contribution in [3.63, 3.8) is 0 Å². The highest BCUT2D eigenvalue weighted by Crippen LogP contribution is 2.24. The van der Waals surface area contributed by atoms with Crippen molar-refractivity contribution in [3.05, 3.63) is 28.2 Å². The van der Waals surface area contributed by atoms with Crippen molar-refractivity contribution < 1.29 is 14.3 Å². The number of halogens is 1. The van der Waals surface area contributed by atoms with E-state index >= 15 is 0 Å². The molecule has 0 unspecified atom stereocenters. The minimum Gasteiger partial charge on any atom is -0.496 e. The summed E-state index contributed by atoms with van der Waals surface area (Å²) in [6, 6.07) is 5.63. The zero-order valence-corrected chi connectivity index (χ0v) is 12.9. The highest BCUT2D eigenvalue weighted by Gasteiger charge is 2.21. The van der Waals surface area contributed by atoms with E-state index in [1.165, 1.54) is 0 Å². The number of carbonyl (C=O) groups excluding carboxylic acids is 2. The highest BCUT2D eigenvalue weighted by atomic mass is 79.9. The van der Waals surface area contributed by atoms with Crippen LogP contribution in [0.2, 0.25) is 0 Å². The topological polar surface area (TPSA) is 49.9 Å². The SMILES string of the molecule is COc1ccc(Br)cc1CC(=O)N1CCN(C=O)CC1. The lowest BCUT2D eigenvalue weighted by atomic mass is 10.1. The smallest absolute Gasteiger partial charge is 0.227 e. The third-order valence-corrected chi connectivity index (χ3v) is 3.89. The lowest BCUT2D eigenvalue weighted by Gasteiger charge is -2.32. The van der Waals surface area contributed by atoms with E-state index in [1.807, 2.05) is 18.2 Å². The molecule has 108 valence electrons. The first-order valence-electron chi connectivity index (χ1n) is 6.43. The molecule has 1 heterocycles. The van der Waals surface area contributed by atoms with Crippen LogP contribution in [0.4, 0.5) is 0 Å². The number of rotatable bonds is 4. The van der Waals surface area contributed by atoms with Crippen LogP contribution in [0.3, 0.4) is 0 Å². The second-order valence-electron chi connectivity index (χ2n) is 4.66. The second-order valence-corrected chi connectivity index (χ2v) is 5.57. The molecule has 1 aliphatic rings. The van der Waals surface area contributed by atoms with Crippen LogP contribution >= 0.6 is 15.9 Å². The number of hydrogen-bond donors (Lipinski definition) is 0. The number of nitrogens with zero attached hydrogens (tertiary/aromatic N) is 2. The standard InChI is InChI=1S/C14H17BrN2O3/c1-20-13-3-2-12(15)8-11(13)9-14(19)17-6-4-16(10-18)5-7-17/h2-3,8,10H,4-7,9H2,1H3. The number of hydrogen-bond acceptors (Lipinski definition) is 3. The molecule has 1 aliphatic heterocycles. The molecule has 0 radical (unpaired) electrons. The summed E-state index contributed by atoms with van der Waals surface area (Å²) in [7, 11) is 1.60. The number of ether oxygens (including phenoxy) is 1. The van der Waals surface area contributed by atoms with Gasteiger partial charge in [-0.1, -0.05) is 15.9 Å². The van der Waals surface area contributed by atoms with Crippen LogP contribution in [0.5, 0.6) is 5.75 Å². The summed E-state index contributed by atoms with van der Waals surface area (Å²) < 4.78 is 6.20. The fourth-order valence-electron chi connectivity index (χ4n) is 2.24. The van der Waals surface area contributed by atoms with E-state index in [9.17, 15) is 9.59 Å². The lowest BCUT2D eigenvalue weighted by Crippen LogP contribution is -2.48. The summed E-state index contributed by atoms with van der Waals surface area (Å²) in [5.74, 6) is 0.778. The fraction of sp³-hybridized carbons (Fsp3) is 0.429. The average Bonchev–Trinajstić information content (AvgIpc) is 2.47. The van der Waals surface area contributed by atoms with Gasteiger partial charge < -0.3 is 14.5 Å². The number of benzene rings is 1. The van der Waals surface area contributed by atoms with Crippen molar-refractivity contribution in [2.45, 2.75) is 6.42 Å². The Morgan fingerprint density at radius 1 is 1.35 bits per heavy atom. The van der Waals surface area contributed by atoms with Gasteiger partial charge in [0.25, 0.3) is 0 Å². The third kappa shape index (κ3) is 3.50. The molecule has 0 saturated carbocycles. The van der Waals surface area contributed by atoms with Gasteiger partial charge in [0, 0.05) is 36.2 Å². The molecule has 1 fully saturated rings. The molecule has 2 amide bonds. The second kappa shape index (κ2) is 6.74. The molecule has 0 spiro atoms. The molecule has 0 aromatic heterocycles. The molecular formula is C14H17BrN2O3. The van der Waals surface area contributed by atoms with Crippen LogP contribution in [0.25, 0.3) is 0 Å². The molecule has 20 heavy (non-hydrogen) atoms. The Balaban J connectivity index is 2.01. The number of amides is 2. The van der Waals surface area contributed by atoms with Gasteiger partial charge in [-0.2, -0.15) is 0 Å². The van der Waals surface area contributed by atoms with Crippen molar-refractivity contribution in [1.82, 2.24) is 9.80 Å². The van der Waals surface area contributed by atoms with Crippen LogP contribution in [0.15, 0.2) is 22.7 Å². The van der Waals surface area contributed by atoms with Gasteiger partial charge >= 0.3 is 0 Å². The van der Waals surface area contributed by atoms with Gasteiger partial charge in [-0.25, -0.2) is 0 Å². The van der Waals surface area contributed by atoms with Crippen LogP contribution in [0, 0.1) is 0 Å². The number of carbonyl (C=O) groups is 2. The quantitative estimate of drug-likeness (QED) is 0.776. The van der Waals surface area contributed by atoms with Crippen molar-refractivity contribution in [3.8, 4) is 5.75 Å². The molecule has 0 bridgehead atoms. The Labute approximate surface area is 126 Å². The summed E-state index contributed by atoms with van der Waals surface area (Å²) in [6.45, 7) is 2.39. The maximum Gasteiger partial charge on any atom is 0.227 e. The molecule has 1 aromatic rings. The zero-order valence-electron chi connectivity index (χ0n) is 11.3. The normalized spacial score (nSPS) is 15.1. The molecule has 2 rings (SSSR count). The van der Waals surface area contributed by atoms with Crippen LogP contribution in [-0.4, -0.2) is 55.4 Å². The molecule has 0 aliphatic carbocycles. The first-order chi connectivity index (χ1) is 9.63. The van der Waals surface area contributed by atoms with Crippen LogP contribution in [0.1, 0.15) is 5.56 Å². The Kier molecular flexibility index (Phi) is 5.00. The third-order valence-electron chi connectivity index (χ3n) is 3.40. The van der Waals surface area contributed by atoms with Gasteiger partial charge in [-0.15, -0.1) is 0 Å². The molecule has 6 heteroatoms. The van der Waals surface area contributed by atoms with Gasteiger partial charge in [0.15, 0.2) is 0 Å². The minimum absolute atomic E-state index is 0.0620. The molecule has 1 saturated heterocycles. The first kappa shape index (κ1) is 14.8. The highest BCUT2D eigenvalue weighted by molar-refractivity contribution is 9.10. The average molecular weight is 341 g/mol. The molecular weight excluding hydrogens is 324 g/mol. The summed E-state index contributed by atoms with van der Waals surface area (Å²) in [5.41, 5.74) is 0.865. The fourth-order valence-corrected chi connectivity index (χ4v) is 2.65. The van der Waals surface area contributed by atoms with Crippen molar-refractivity contribution >= 4 is 28.2 Å². The zero-order chi connectivity index (χ0) is 14.5. The van der Waals surface area contributed by atoms with E-state index in [0.29, 0.717) is 38.3 Å². The van der Waals surface area contributed by atoms with Crippen LogP contribution in [-0.2, 0) is 16.0 Å². The summed E-state index contributed by atoms with van der Waals surface area (Å²) >= 11 is 3.40. The van der Waals surface area contributed by atoms with Gasteiger partial charge in [0.1, 0.15) is 5.75 Å². The van der Waals surface area contributed by atoms with E-state index in [0.717, 1.165) is 16.4 Å². The molecule has 0 atom stereocenters. The Hall–Kier alpha value is -1.56. The Bertz CT molecular complexity index is 499. The van der Waals surface area contributed by atoms with E-state index in [1.54, 1.807) is 16.9 Å². The summed E-state index contributed by atoms with van der Waals surface area (Å²) in [4.78, 5) is 26.4. The van der Waals surface area contributed by atoms with Gasteiger partial charge in [0.05, 0.1) is 13.5 Å². The van der Waals surface area contributed by atoms with E-state index in [2.05, 4.69) is 15.9 Å². The maximum atomic E-state index is 12.3. The van der Waals surface area contributed by atoms with Crippen LogP contribution < -0.4 is 4.74 Å².